The number of amides is 1. The van der Waals surface area contributed by atoms with Crippen LogP contribution in [0, 0.1) is 0 Å². The highest BCUT2D eigenvalue weighted by atomic mass is 35.5. The van der Waals surface area contributed by atoms with E-state index in [1.807, 2.05) is 29.2 Å². The third-order valence-electron chi connectivity index (χ3n) is 3.85. The van der Waals surface area contributed by atoms with Gasteiger partial charge in [-0.1, -0.05) is 17.7 Å². The third-order valence-corrected chi connectivity index (χ3v) is 4.18. The molecule has 0 unspecified atom stereocenters. The number of fused-ring (bicyclic) bond motifs is 1. The van der Waals surface area contributed by atoms with Gasteiger partial charge in [0, 0.05) is 36.2 Å². The van der Waals surface area contributed by atoms with Gasteiger partial charge in [0.2, 0.25) is 5.91 Å². The van der Waals surface area contributed by atoms with Gasteiger partial charge in [-0.15, -0.1) is 0 Å². The molecule has 2 heterocycles. The van der Waals surface area contributed by atoms with Gasteiger partial charge in [-0.3, -0.25) is 9.78 Å². The maximum atomic E-state index is 12.0. The molecule has 0 bridgehead atoms. The quantitative estimate of drug-likeness (QED) is 0.944. The zero-order valence-corrected chi connectivity index (χ0v) is 12.6. The van der Waals surface area contributed by atoms with Crippen LogP contribution in [0.5, 0.6) is 0 Å². The van der Waals surface area contributed by atoms with E-state index in [1.165, 1.54) is 0 Å². The molecule has 21 heavy (non-hydrogen) atoms. The summed E-state index contributed by atoms with van der Waals surface area (Å²) < 4.78 is 0. The van der Waals surface area contributed by atoms with Gasteiger partial charge < -0.3 is 10.2 Å². The van der Waals surface area contributed by atoms with Crippen LogP contribution >= 0.6 is 11.6 Å². The number of pyridine rings is 1. The first-order valence-electron chi connectivity index (χ1n) is 7.26. The van der Waals surface area contributed by atoms with Crippen molar-refractivity contribution in [2.45, 2.75) is 19.4 Å². The van der Waals surface area contributed by atoms with Crippen molar-refractivity contribution in [2.75, 3.05) is 19.6 Å². The number of likely N-dealkylation sites (tertiary alicyclic amines) is 1. The van der Waals surface area contributed by atoms with Crippen LogP contribution in [0.15, 0.2) is 30.5 Å². The van der Waals surface area contributed by atoms with Crippen molar-refractivity contribution in [2.24, 2.45) is 0 Å². The lowest BCUT2D eigenvalue weighted by atomic mass is 10.1. The summed E-state index contributed by atoms with van der Waals surface area (Å²) in [7, 11) is 0. The average molecular weight is 304 g/mol. The minimum atomic E-state index is 0.179. The zero-order valence-electron chi connectivity index (χ0n) is 11.8. The van der Waals surface area contributed by atoms with E-state index in [2.05, 4.69) is 10.3 Å². The molecule has 1 aliphatic heterocycles. The lowest BCUT2D eigenvalue weighted by Crippen LogP contribution is -2.36. The normalized spacial score (nSPS) is 14.8. The number of aromatic nitrogens is 1. The van der Waals surface area contributed by atoms with E-state index >= 15 is 0 Å². The van der Waals surface area contributed by atoms with Gasteiger partial charge in [0.05, 0.1) is 12.1 Å². The van der Waals surface area contributed by atoms with Crippen LogP contribution in [0.4, 0.5) is 0 Å². The third kappa shape index (κ3) is 3.17. The predicted octanol–water partition coefficient (Wildman–Crippen LogP) is 2.60. The number of rotatable bonds is 4. The Hall–Kier alpha value is -1.65. The highest BCUT2D eigenvalue weighted by Crippen LogP contribution is 2.24. The Morgan fingerprint density at radius 3 is 2.90 bits per heavy atom. The fourth-order valence-corrected chi connectivity index (χ4v) is 2.94. The van der Waals surface area contributed by atoms with Crippen molar-refractivity contribution in [3.63, 3.8) is 0 Å². The molecule has 1 aromatic heterocycles. The summed E-state index contributed by atoms with van der Waals surface area (Å²) in [5.41, 5.74) is 1.95. The van der Waals surface area contributed by atoms with Crippen LogP contribution in [0.3, 0.4) is 0 Å². The van der Waals surface area contributed by atoms with Gasteiger partial charge in [-0.2, -0.15) is 0 Å². The van der Waals surface area contributed by atoms with Crippen LogP contribution in [0.2, 0.25) is 5.02 Å². The Morgan fingerprint density at radius 1 is 1.29 bits per heavy atom. The van der Waals surface area contributed by atoms with Crippen molar-refractivity contribution in [3.05, 3.63) is 41.0 Å². The molecular formula is C16H18ClN3O. The van der Waals surface area contributed by atoms with E-state index in [0.29, 0.717) is 18.1 Å². The second-order valence-corrected chi connectivity index (χ2v) is 5.70. The van der Waals surface area contributed by atoms with E-state index in [4.69, 9.17) is 11.6 Å². The average Bonchev–Trinajstić information content (AvgIpc) is 3.04. The molecule has 1 amide bonds. The molecule has 0 saturated carbocycles. The number of hydrogen-bond acceptors (Lipinski definition) is 3. The second kappa shape index (κ2) is 6.41. The first kappa shape index (κ1) is 14.3. The van der Waals surface area contributed by atoms with E-state index < -0.39 is 0 Å². The summed E-state index contributed by atoms with van der Waals surface area (Å²) in [6.07, 6.45) is 4.01. The highest BCUT2D eigenvalue weighted by molar-refractivity contribution is 6.35. The number of nitrogens with zero attached hydrogens (tertiary/aromatic N) is 2. The summed E-state index contributed by atoms with van der Waals surface area (Å²) in [5, 5.41) is 4.87. The standard InChI is InChI=1S/C16H18ClN3O/c17-14-6-5-12(16-13(14)4-3-7-19-16)10-18-11-15(21)20-8-1-2-9-20/h3-7,18H,1-2,8-11H2. The molecule has 1 N–H and O–H groups in total. The minimum Gasteiger partial charge on any atom is -0.342 e. The molecule has 1 aromatic carbocycles. The number of halogens is 1. The Kier molecular flexibility index (Phi) is 4.36. The molecule has 0 atom stereocenters. The number of nitrogens with one attached hydrogen (secondary N) is 1. The van der Waals surface area contributed by atoms with Crippen molar-refractivity contribution in [1.82, 2.24) is 15.2 Å². The number of carbonyl (C=O) groups excluding carboxylic acids is 1. The molecule has 1 saturated heterocycles. The number of carbonyl (C=O) groups is 1. The lowest BCUT2D eigenvalue weighted by Gasteiger charge is -2.15. The predicted molar refractivity (Wildman–Crippen MR) is 84.3 cm³/mol. The van der Waals surface area contributed by atoms with Gasteiger partial charge >= 0.3 is 0 Å². The first-order chi connectivity index (χ1) is 10.3. The Morgan fingerprint density at radius 2 is 2.10 bits per heavy atom. The molecule has 110 valence electrons. The topological polar surface area (TPSA) is 45.2 Å². The van der Waals surface area contributed by atoms with Gasteiger partial charge in [0.25, 0.3) is 0 Å². The van der Waals surface area contributed by atoms with Crippen molar-refractivity contribution < 1.29 is 4.79 Å². The van der Waals surface area contributed by atoms with E-state index in [1.54, 1.807) is 6.20 Å². The molecule has 0 radical (unpaired) electrons. The largest absolute Gasteiger partial charge is 0.342 e. The maximum absolute atomic E-state index is 12.0. The van der Waals surface area contributed by atoms with E-state index in [-0.39, 0.29) is 5.91 Å². The van der Waals surface area contributed by atoms with Gasteiger partial charge in [0.1, 0.15) is 0 Å². The van der Waals surface area contributed by atoms with Crippen molar-refractivity contribution >= 4 is 28.4 Å². The van der Waals surface area contributed by atoms with Gasteiger partial charge in [-0.05, 0) is 36.6 Å². The monoisotopic (exact) mass is 303 g/mol. The van der Waals surface area contributed by atoms with Crippen LogP contribution < -0.4 is 5.32 Å². The van der Waals surface area contributed by atoms with Crippen molar-refractivity contribution in [1.29, 1.82) is 0 Å². The van der Waals surface area contributed by atoms with Crippen LogP contribution in [0.1, 0.15) is 18.4 Å². The summed E-state index contributed by atoms with van der Waals surface area (Å²) >= 11 is 6.18. The molecule has 1 aliphatic rings. The van der Waals surface area contributed by atoms with Gasteiger partial charge in [-0.25, -0.2) is 0 Å². The second-order valence-electron chi connectivity index (χ2n) is 5.30. The van der Waals surface area contributed by atoms with Gasteiger partial charge in [0.15, 0.2) is 0 Å². The maximum Gasteiger partial charge on any atom is 0.236 e. The molecule has 4 nitrogen and oxygen atoms in total. The van der Waals surface area contributed by atoms with Crippen LogP contribution in [-0.2, 0) is 11.3 Å². The highest BCUT2D eigenvalue weighted by Gasteiger charge is 2.17. The minimum absolute atomic E-state index is 0.179. The summed E-state index contributed by atoms with van der Waals surface area (Å²) in [4.78, 5) is 18.3. The molecule has 0 aliphatic carbocycles. The molecule has 0 spiro atoms. The molecule has 5 heteroatoms. The SMILES string of the molecule is O=C(CNCc1ccc(Cl)c2cccnc12)N1CCCC1. The van der Waals surface area contributed by atoms with Crippen molar-refractivity contribution in [3.8, 4) is 0 Å². The summed E-state index contributed by atoms with van der Waals surface area (Å²) in [6.45, 7) is 2.78. The first-order valence-corrected chi connectivity index (χ1v) is 7.64. The molecular weight excluding hydrogens is 286 g/mol. The number of benzene rings is 1. The van der Waals surface area contributed by atoms with E-state index in [0.717, 1.165) is 42.4 Å². The Labute approximate surface area is 129 Å². The molecule has 1 fully saturated rings. The fraction of sp³-hybridized carbons (Fsp3) is 0.375. The van der Waals surface area contributed by atoms with Crippen LogP contribution in [-0.4, -0.2) is 35.4 Å². The fourth-order valence-electron chi connectivity index (χ4n) is 2.72. The van der Waals surface area contributed by atoms with Crippen LogP contribution in [0.25, 0.3) is 10.9 Å². The molecule has 3 rings (SSSR count). The van der Waals surface area contributed by atoms with E-state index in [9.17, 15) is 4.79 Å². The molecule has 2 aromatic rings. The summed E-state index contributed by atoms with van der Waals surface area (Å²) in [6, 6.07) is 7.68. The lowest BCUT2D eigenvalue weighted by molar-refractivity contribution is -0.129. The summed E-state index contributed by atoms with van der Waals surface area (Å²) in [5.74, 6) is 0.179. The smallest absolute Gasteiger partial charge is 0.236 e. The number of hydrogen-bond donors (Lipinski definition) is 1. The Bertz CT molecular complexity index is 653. The zero-order chi connectivity index (χ0) is 14.7. The Balaban J connectivity index is 1.65.